The SMILES string of the molecule is CCOc1ccc(NC(=S)Nc2ccc(OCC)cc2)cc1.Oc1c(Cl)c(Cl)c(Cl)c(Cl)c1Cl.[Nb]. The fraction of sp³-hybridized carbons (Fsp3) is 0.174. The molecule has 3 rings (SSSR count). The minimum Gasteiger partial charge on any atom is -0.505 e. The van der Waals surface area contributed by atoms with Crippen molar-refractivity contribution < 1.29 is 37.0 Å². The summed E-state index contributed by atoms with van der Waals surface area (Å²) < 4.78 is 10.8. The van der Waals surface area contributed by atoms with Crippen LogP contribution >= 0.6 is 70.2 Å². The van der Waals surface area contributed by atoms with Crippen molar-refractivity contribution in [2.45, 2.75) is 13.8 Å². The molecule has 0 unspecified atom stereocenters. The zero-order valence-electron chi connectivity index (χ0n) is 18.5. The molecule has 1 radical (unpaired) electrons. The van der Waals surface area contributed by atoms with Crippen LogP contribution in [0, 0.1) is 0 Å². The van der Waals surface area contributed by atoms with Crippen LogP contribution in [0.25, 0.3) is 0 Å². The van der Waals surface area contributed by atoms with E-state index in [9.17, 15) is 5.11 Å². The monoisotopic (exact) mass is 673 g/mol. The third kappa shape index (κ3) is 9.73. The largest absolute Gasteiger partial charge is 0.505 e. The Balaban J connectivity index is 0.000000401. The van der Waals surface area contributed by atoms with Gasteiger partial charge in [-0.05, 0) is 74.6 Å². The van der Waals surface area contributed by atoms with Crippen molar-refractivity contribution in [3.63, 3.8) is 0 Å². The van der Waals surface area contributed by atoms with E-state index in [1.165, 1.54) is 0 Å². The van der Waals surface area contributed by atoms with Crippen LogP contribution in [-0.2, 0) is 22.4 Å². The van der Waals surface area contributed by atoms with Crippen LogP contribution in [0.15, 0.2) is 48.5 Å². The van der Waals surface area contributed by atoms with Crippen molar-refractivity contribution in [2.24, 2.45) is 0 Å². The molecule has 5 nitrogen and oxygen atoms in total. The van der Waals surface area contributed by atoms with E-state index < -0.39 is 0 Å². The second-order valence-corrected chi connectivity index (χ2v) is 8.71. The van der Waals surface area contributed by atoms with Crippen molar-refractivity contribution >= 4 is 86.7 Å². The number of thiocarbonyl (C=S) groups is 1. The minimum absolute atomic E-state index is 0. The topological polar surface area (TPSA) is 62.8 Å². The van der Waals surface area contributed by atoms with Gasteiger partial charge in [-0.15, -0.1) is 0 Å². The molecule has 35 heavy (non-hydrogen) atoms. The van der Waals surface area contributed by atoms with Crippen molar-refractivity contribution in [1.29, 1.82) is 0 Å². The van der Waals surface area contributed by atoms with Crippen molar-refractivity contribution in [3.8, 4) is 17.2 Å². The predicted octanol–water partition coefficient (Wildman–Crippen LogP) is 8.95. The van der Waals surface area contributed by atoms with E-state index >= 15 is 0 Å². The van der Waals surface area contributed by atoms with Crippen molar-refractivity contribution in [1.82, 2.24) is 0 Å². The van der Waals surface area contributed by atoms with Crippen molar-refractivity contribution in [3.05, 3.63) is 73.6 Å². The van der Waals surface area contributed by atoms with Gasteiger partial charge in [0.05, 0.1) is 28.3 Å². The standard InChI is InChI=1S/C17H20N2O2S.C6HCl5O.Nb/c1-3-20-15-9-5-13(6-10-15)18-17(22)19-14-7-11-16(12-8-14)21-4-2;7-1-2(8)4(10)6(12)5(11)3(1)9;/h5-12H,3-4H2,1-2H3,(H2,18,19,22);12H;. The Labute approximate surface area is 250 Å². The second-order valence-electron chi connectivity index (χ2n) is 6.41. The van der Waals surface area contributed by atoms with E-state index in [0.717, 1.165) is 22.9 Å². The summed E-state index contributed by atoms with van der Waals surface area (Å²) in [5.74, 6) is 1.33. The third-order valence-corrected chi connectivity index (χ3v) is 6.49. The normalized spacial score (nSPS) is 9.80. The molecule has 0 bridgehead atoms. The van der Waals surface area contributed by atoms with E-state index in [2.05, 4.69) is 10.6 Å². The molecule has 0 spiro atoms. The number of rotatable bonds is 6. The van der Waals surface area contributed by atoms with Gasteiger partial charge in [-0.1, -0.05) is 58.0 Å². The van der Waals surface area contributed by atoms with Gasteiger partial charge >= 0.3 is 0 Å². The maximum absolute atomic E-state index is 9.20. The van der Waals surface area contributed by atoms with Gasteiger partial charge in [-0.2, -0.15) is 0 Å². The molecule has 12 heteroatoms. The van der Waals surface area contributed by atoms with E-state index in [4.69, 9.17) is 79.7 Å². The second kappa shape index (κ2) is 15.9. The molecule has 0 heterocycles. The molecular formula is C23H21Cl5N2NbO3S. The number of aromatic hydroxyl groups is 1. The summed E-state index contributed by atoms with van der Waals surface area (Å²) in [6.45, 7) is 5.24. The molecule has 0 saturated heterocycles. The molecule has 3 aromatic rings. The van der Waals surface area contributed by atoms with Gasteiger partial charge in [-0.3, -0.25) is 0 Å². The Bertz CT molecular complexity index is 961. The Morgan fingerprint density at radius 1 is 0.686 bits per heavy atom. The molecule has 0 fully saturated rings. The number of phenolic OH excluding ortho intramolecular Hbond substituents is 1. The summed E-state index contributed by atoms with van der Waals surface area (Å²) in [7, 11) is 0. The molecule has 3 N–H and O–H groups in total. The van der Waals surface area contributed by atoms with Crippen LogP contribution in [0.2, 0.25) is 25.1 Å². The van der Waals surface area contributed by atoms with Gasteiger partial charge in [0.25, 0.3) is 0 Å². The van der Waals surface area contributed by atoms with Crippen LogP contribution in [-0.4, -0.2) is 23.4 Å². The van der Waals surface area contributed by atoms with Crippen LogP contribution in [0.3, 0.4) is 0 Å². The first-order valence-electron chi connectivity index (χ1n) is 9.92. The Kier molecular flexibility index (Phi) is 14.5. The molecule has 0 aliphatic heterocycles. The average molecular weight is 676 g/mol. The first-order valence-corrected chi connectivity index (χ1v) is 12.2. The Hall–Kier alpha value is -1.06. The molecule has 0 aliphatic carbocycles. The molecule has 0 aromatic heterocycles. The quantitative estimate of drug-likeness (QED) is 0.105. The number of ether oxygens (including phenoxy) is 2. The number of nitrogens with one attached hydrogen (secondary N) is 2. The summed E-state index contributed by atoms with van der Waals surface area (Å²) in [6.07, 6.45) is 0. The molecule has 3 aromatic carbocycles. The fourth-order valence-corrected chi connectivity index (χ4v) is 3.85. The minimum atomic E-state index is -0.363. The fourth-order valence-electron chi connectivity index (χ4n) is 2.49. The molecule has 0 atom stereocenters. The first kappa shape index (κ1) is 32.0. The third-order valence-electron chi connectivity index (χ3n) is 4.03. The van der Waals surface area contributed by atoms with Gasteiger partial charge in [-0.25, -0.2) is 0 Å². The summed E-state index contributed by atoms with van der Waals surface area (Å²) in [5.41, 5.74) is 1.82. The molecular weight excluding hydrogens is 655 g/mol. The number of anilines is 2. The number of hydrogen-bond donors (Lipinski definition) is 3. The zero-order valence-corrected chi connectivity index (χ0v) is 25.3. The Morgan fingerprint density at radius 2 is 1.00 bits per heavy atom. The maximum Gasteiger partial charge on any atom is 0.175 e. The van der Waals surface area contributed by atoms with Gasteiger partial charge < -0.3 is 25.2 Å². The molecule has 0 saturated carbocycles. The molecule has 0 aliphatic rings. The van der Waals surface area contributed by atoms with E-state index in [0.29, 0.717) is 18.3 Å². The summed E-state index contributed by atoms with van der Waals surface area (Å²) in [4.78, 5) is 0. The van der Waals surface area contributed by atoms with Gasteiger partial charge in [0.1, 0.15) is 21.5 Å². The average Bonchev–Trinajstić information content (AvgIpc) is 2.83. The number of phenols is 1. The van der Waals surface area contributed by atoms with E-state index in [1.807, 2.05) is 62.4 Å². The van der Waals surface area contributed by atoms with Crippen LogP contribution < -0.4 is 20.1 Å². The zero-order chi connectivity index (χ0) is 25.3. The van der Waals surface area contributed by atoms with Gasteiger partial charge in [0, 0.05) is 33.8 Å². The summed E-state index contributed by atoms with van der Waals surface area (Å²) in [6, 6.07) is 15.3. The number of hydrogen-bond acceptors (Lipinski definition) is 4. The van der Waals surface area contributed by atoms with Gasteiger partial charge in [0.15, 0.2) is 10.9 Å². The molecule has 187 valence electrons. The first-order chi connectivity index (χ1) is 16.2. The summed E-state index contributed by atoms with van der Waals surface area (Å²) >= 11 is 33.2. The van der Waals surface area contributed by atoms with E-state index in [-0.39, 0.29) is 53.2 Å². The van der Waals surface area contributed by atoms with Gasteiger partial charge in [0.2, 0.25) is 0 Å². The smallest absolute Gasteiger partial charge is 0.175 e. The van der Waals surface area contributed by atoms with Crippen LogP contribution in [0.1, 0.15) is 13.8 Å². The van der Waals surface area contributed by atoms with Crippen LogP contribution in [0.5, 0.6) is 17.2 Å². The summed E-state index contributed by atoms with van der Waals surface area (Å²) in [5, 5.41) is 15.8. The predicted molar refractivity (Wildman–Crippen MR) is 148 cm³/mol. The van der Waals surface area contributed by atoms with Crippen LogP contribution in [0.4, 0.5) is 11.4 Å². The molecule has 0 amide bonds. The number of benzene rings is 3. The maximum atomic E-state index is 9.20. The van der Waals surface area contributed by atoms with E-state index in [1.54, 1.807) is 0 Å². The Morgan fingerprint density at radius 3 is 1.31 bits per heavy atom. The number of halogens is 5. The van der Waals surface area contributed by atoms with Crippen molar-refractivity contribution in [2.75, 3.05) is 23.8 Å².